The van der Waals surface area contributed by atoms with Gasteiger partial charge in [0.25, 0.3) is 0 Å². The Kier molecular flexibility index (Phi) is 7.54. The molecule has 2 saturated carbocycles. The van der Waals surface area contributed by atoms with E-state index in [0.717, 1.165) is 61.2 Å². The molecule has 2 aliphatic carbocycles. The molecule has 10 heteroatoms. The van der Waals surface area contributed by atoms with Crippen LogP contribution in [0.5, 0.6) is 0 Å². The first-order valence-corrected chi connectivity index (χ1v) is 14.7. The van der Waals surface area contributed by atoms with Gasteiger partial charge in [-0.05, 0) is 70.4 Å². The van der Waals surface area contributed by atoms with Crippen LogP contribution in [0.3, 0.4) is 0 Å². The van der Waals surface area contributed by atoms with Crippen molar-refractivity contribution in [1.29, 1.82) is 0 Å². The Hall–Kier alpha value is -3.40. The fourth-order valence-corrected chi connectivity index (χ4v) is 6.24. The van der Waals surface area contributed by atoms with Gasteiger partial charge in [-0.2, -0.15) is 9.97 Å². The number of likely N-dealkylation sites (tertiary alicyclic amines) is 1. The number of rotatable bonds is 6. The number of nitrogens with zero attached hydrogens (tertiary/aromatic N) is 5. The zero-order valence-electron chi connectivity index (χ0n) is 22.9. The number of hydrogen-bond acceptors (Lipinski definition) is 7. The van der Waals surface area contributed by atoms with E-state index >= 15 is 0 Å². The first-order valence-electron chi connectivity index (χ1n) is 14.7. The zero-order chi connectivity index (χ0) is 26.8. The van der Waals surface area contributed by atoms with Crippen LogP contribution in [0.4, 0.5) is 22.2 Å². The van der Waals surface area contributed by atoms with Crippen LogP contribution < -0.4 is 21.7 Å². The van der Waals surface area contributed by atoms with Crippen molar-refractivity contribution < 1.29 is 4.79 Å². The lowest BCUT2D eigenvalue weighted by atomic mass is 9.92. The second kappa shape index (κ2) is 11.4. The molecular weight excluding hydrogens is 490 g/mol. The summed E-state index contributed by atoms with van der Waals surface area (Å²) in [5, 5.41) is 10.3. The number of nitrogens with two attached hydrogens (primary N) is 1. The number of nitrogens with one attached hydrogen (secondary N) is 3. The third-order valence-electron chi connectivity index (χ3n) is 8.67. The molecule has 2 aromatic heterocycles. The molecule has 0 atom stereocenters. The number of anilines is 3. The minimum atomic E-state index is -0.0456. The monoisotopic (exact) mass is 531 g/mol. The normalized spacial score (nSPS) is 22.8. The molecule has 0 spiro atoms. The molecule has 3 aliphatic rings. The minimum absolute atomic E-state index is 0.0456. The summed E-state index contributed by atoms with van der Waals surface area (Å²) in [7, 11) is 0. The molecule has 2 amide bonds. The van der Waals surface area contributed by atoms with E-state index < -0.39 is 0 Å². The predicted molar refractivity (Wildman–Crippen MR) is 155 cm³/mol. The van der Waals surface area contributed by atoms with Crippen LogP contribution in [-0.2, 0) is 0 Å². The number of benzene rings is 1. The number of carbonyl (C=O) groups excluding carboxylic acids is 1. The van der Waals surface area contributed by atoms with E-state index in [1.165, 1.54) is 31.2 Å². The summed E-state index contributed by atoms with van der Waals surface area (Å²) < 4.78 is 2.26. The molecule has 39 heavy (non-hydrogen) atoms. The molecule has 0 radical (unpaired) electrons. The van der Waals surface area contributed by atoms with Gasteiger partial charge in [-0.3, -0.25) is 0 Å². The summed E-state index contributed by atoms with van der Waals surface area (Å²) in [4.78, 5) is 29.4. The van der Waals surface area contributed by atoms with Crippen LogP contribution in [0.2, 0.25) is 0 Å². The van der Waals surface area contributed by atoms with Gasteiger partial charge in [0, 0.05) is 42.9 Å². The van der Waals surface area contributed by atoms with Crippen LogP contribution in [0.25, 0.3) is 11.2 Å². The fourth-order valence-electron chi connectivity index (χ4n) is 6.24. The van der Waals surface area contributed by atoms with Crippen molar-refractivity contribution in [2.45, 2.75) is 95.3 Å². The smallest absolute Gasteiger partial charge is 0.321 e. The number of aromatic nitrogens is 4. The van der Waals surface area contributed by atoms with Crippen LogP contribution >= 0.6 is 0 Å². The predicted octanol–water partition coefficient (Wildman–Crippen LogP) is 5.04. The fraction of sp³-hybridized carbons (Fsp3) is 0.586. The van der Waals surface area contributed by atoms with E-state index in [0.29, 0.717) is 37.2 Å². The molecule has 1 aliphatic heterocycles. The summed E-state index contributed by atoms with van der Waals surface area (Å²) in [6.45, 7) is 3.42. The number of imidazole rings is 1. The lowest BCUT2D eigenvalue weighted by molar-refractivity contribution is 0.197. The van der Waals surface area contributed by atoms with Crippen LogP contribution in [0, 0.1) is 6.92 Å². The first-order chi connectivity index (χ1) is 19.0. The van der Waals surface area contributed by atoms with Crippen LogP contribution in [-0.4, -0.2) is 61.7 Å². The maximum Gasteiger partial charge on any atom is 0.321 e. The molecule has 10 nitrogen and oxygen atoms in total. The molecule has 0 unspecified atom stereocenters. The molecule has 3 fully saturated rings. The van der Waals surface area contributed by atoms with Gasteiger partial charge in [-0.25, -0.2) is 9.78 Å². The molecular formula is C29H41N9O. The van der Waals surface area contributed by atoms with Crippen molar-refractivity contribution in [3.63, 3.8) is 0 Å². The molecule has 208 valence electrons. The Morgan fingerprint density at radius 2 is 1.59 bits per heavy atom. The molecule has 0 bridgehead atoms. The standard InChI is InChI=1S/C29H41N9O/c1-19-6-10-22(11-7-19)34-29(39)37-16-14-23(15-17-37)32-26-25-27(38(18-31-25)24-4-2-3-5-24)36-28(35-26)33-21-12-8-20(30)9-13-21/h6-7,10-11,18,20-21,23-24H,2-5,8-9,12-17,30H2,1H3,(H,34,39)(H2,32,33,35,36). The maximum absolute atomic E-state index is 12.8. The van der Waals surface area contributed by atoms with E-state index in [1.54, 1.807) is 0 Å². The highest BCUT2D eigenvalue weighted by Gasteiger charge is 2.27. The van der Waals surface area contributed by atoms with E-state index in [9.17, 15) is 4.79 Å². The third kappa shape index (κ3) is 5.95. The van der Waals surface area contributed by atoms with Gasteiger partial charge in [0.2, 0.25) is 5.95 Å². The Bertz CT molecular complexity index is 1270. The van der Waals surface area contributed by atoms with Crippen molar-refractivity contribution in [2.75, 3.05) is 29.0 Å². The zero-order valence-corrected chi connectivity index (χ0v) is 22.9. The van der Waals surface area contributed by atoms with Gasteiger partial charge < -0.3 is 31.2 Å². The second-order valence-electron chi connectivity index (χ2n) is 11.6. The Labute approximate surface area is 230 Å². The van der Waals surface area contributed by atoms with Crippen molar-refractivity contribution in [3.8, 4) is 0 Å². The average molecular weight is 532 g/mol. The molecule has 6 rings (SSSR count). The summed E-state index contributed by atoms with van der Waals surface area (Å²) in [5.41, 5.74) is 9.87. The van der Waals surface area contributed by atoms with Crippen molar-refractivity contribution in [3.05, 3.63) is 36.2 Å². The maximum atomic E-state index is 12.8. The topological polar surface area (TPSA) is 126 Å². The summed E-state index contributed by atoms with van der Waals surface area (Å²) in [6, 6.07) is 9.17. The number of fused-ring (bicyclic) bond motifs is 1. The van der Waals surface area contributed by atoms with Crippen molar-refractivity contribution in [2.24, 2.45) is 5.73 Å². The Balaban J connectivity index is 1.15. The number of carbonyl (C=O) groups is 1. The lowest BCUT2D eigenvalue weighted by Crippen LogP contribution is -2.44. The summed E-state index contributed by atoms with van der Waals surface area (Å²) in [5.74, 6) is 1.45. The number of piperidine rings is 1. The summed E-state index contributed by atoms with van der Waals surface area (Å²) >= 11 is 0. The van der Waals surface area contributed by atoms with Gasteiger partial charge in [-0.15, -0.1) is 0 Å². The number of urea groups is 1. The van der Waals surface area contributed by atoms with Gasteiger partial charge in [0.05, 0.1) is 6.33 Å². The van der Waals surface area contributed by atoms with Crippen LogP contribution in [0.15, 0.2) is 30.6 Å². The van der Waals surface area contributed by atoms with Gasteiger partial charge in [-0.1, -0.05) is 30.5 Å². The molecule has 1 saturated heterocycles. The lowest BCUT2D eigenvalue weighted by Gasteiger charge is -2.32. The summed E-state index contributed by atoms with van der Waals surface area (Å²) in [6.07, 6.45) is 12.6. The van der Waals surface area contributed by atoms with Crippen LogP contribution in [0.1, 0.15) is 75.8 Å². The van der Waals surface area contributed by atoms with Crippen molar-refractivity contribution in [1.82, 2.24) is 24.4 Å². The Morgan fingerprint density at radius 3 is 2.31 bits per heavy atom. The number of amides is 2. The largest absolute Gasteiger partial charge is 0.365 e. The van der Waals surface area contributed by atoms with E-state index in [-0.39, 0.29) is 12.1 Å². The third-order valence-corrected chi connectivity index (χ3v) is 8.67. The highest BCUT2D eigenvalue weighted by atomic mass is 16.2. The SMILES string of the molecule is Cc1ccc(NC(=O)N2CCC(Nc3nc(NC4CCC(N)CC4)nc4c3ncn4C3CCCC3)CC2)cc1. The highest BCUT2D eigenvalue weighted by molar-refractivity contribution is 5.89. The average Bonchev–Trinajstić information content (AvgIpc) is 3.62. The number of hydrogen-bond donors (Lipinski definition) is 4. The number of aryl methyl sites for hydroxylation is 1. The van der Waals surface area contributed by atoms with E-state index in [1.807, 2.05) is 42.4 Å². The van der Waals surface area contributed by atoms with Crippen molar-refractivity contribution >= 4 is 34.6 Å². The second-order valence-corrected chi connectivity index (χ2v) is 11.6. The van der Waals surface area contributed by atoms with Gasteiger partial charge in [0.1, 0.15) is 0 Å². The Morgan fingerprint density at radius 1 is 0.897 bits per heavy atom. The van der Waals surface area contributed by atoms with E-state index in [2.05, 4.69) is 20.5 Å². The molecule has 5 N–H and O–H groups in total. The van der Waals surface area contributed by atoms with Gasteiger partial charge in [0.15, 0.2) is 17.0 Å². The van der Waals surface area contributed by atoms with Gasteiger partial charge >= 0.3 is 6.03 Å². The van der Waals surface area contributed by atoms with E-state index in [4.69, 9.17) is 20.7 Å². The first kappa shape index (κ1) is 25.9. The molecule has 3 aromatic rings. The minimum Gasteiger partial charge on any atom is -0.365 e. The molecule has 3 heterocycles. The highest BCUT2D eigenvalue weighted by Crippen LogP contribution is 2.34. The quantitative estimate of drug-likeness (QED) is 0.351. The molecule has 1 aromatic carbocycles.